The number of para-hydroxylation sites is 1. The maximum atomic E-state index is 12.5. The van der Waals surface area contributed by atoms with Crippen molar-refractivity contribution in [3.05, 3.63) is 60.4 Å². The lowest BCUT2D eigenvalue weighted by Crippen LogP contribution is -2.41. The number of aromatic nitrogens is 1. The summed E-state index contributed by atoms with van der Waals surface area (Å²) in [4.78, 5) is 30.2. The molecule has 1 saturated heterocycles. The first kappa shape index (κ1) is 17.0. The van der Waals surface area contributed by atoms with E-state index in [0.29, 0.717) is 12.3 Å². The number of ether oxygens (including phenoxy) is 1. The van der Waals surface area contributed by atoms with Gasteiger partial charge in [0.1, 0.15) is 5.75 Å². The highest BCUT2D eigenvalue weighted by molar-refractivity contribution is 5.85. The van der Waals surface area contributed by atoms with Gasteiger partial charge in [-0.1, -0.05) is 18.2 Å². The zero-order valence-electron chi connectivity index (χ0n) is 13.9. The Morgan fingerprint density at radius 3 is 2.68 bits per heavy atom. The molecule has 2 heterocycles. The molecular weight excluding hydrogens is 318 g/mol. The molecule has 25 heavy (non-hydrogen) atoms. The molecule has 1 fully saturated rings. The van der Waals surface area contributed by atoms with Crippen LogP contribution in [0.5, 0.6) is 5.75 Å². The molecule has 1 aromatic carbocycles. The van der Waals surface area contributed by atoms with Crippen molar-refractivity contribution in [3.63, 3.8) is 0 Å². The van der Waals surface area contributed by atoms with Crippen LogP contribution >= 0.6 is 0 Å². The standard InChI is InChI=1S/C19H21N3O3/c23-18(14-25-16-5-2-1-3-6-16)21-13-19(24)22-12-4-7-17(22)15-8-10-20-11-9-15/h1-3,5-6,8-11,17H,4,7,12-14H2,(H,21,23). The molecule has 6 nitrogen and oxygen atoms in total. The predicted molar refractivity (Wildman–Crippen MR) is 92.9 cm³/mol. The number of likely N-dealkylation sites (tertiary alicyclic amines) is 1. The van der Waals surface area contributed by atoms with Gasteiger partial charge in [-0.25, -0.2) is 0 Å². The number of nitrogens with zero attached hydrogens (tertiary/aromatic N) is 2. The van der Waals surface area contributed by atoms with Crippen molar-refractivity contribution in [1.29, 1.82) is 0 Å². The van der Waals surface area contributed by atoms with Crippen molar-refractivity contribution in [1.82, 2.24) is 15.2 Å². The van der Waals surface area contributed by atoms with E-state index in [9.17, 15) is 9.59 Å². The van der Waals surface area contributed by atoms with Crippen molar-refractivity contribution in [2.24, 2.45) is 0 Å². The van der Waals surface area contributed by atoms with Gasteiger partial charge in [-0.3, -0.25) is 14.6 Å². The number of amides is 2. The molecule has 3 rings (SSSR count). The Morgan fingerprint density at radius 2 is 1.92 bits per heavy atom. The second kappa shape index (κ2) is 8.28. The summed E-state index contributed by atoms with van der Waals surface area (Å²) in [6.45, 7) is 0.589. The Balaban J connectivity index is 1.47. The number of hydrogen-bond donors (Lipinski definition) is 1. The lowest BCUT2D eigenvalue weighted by atomic mass is 10.1. The molecule has 2 aromatic rings. The summed E-state index contributed by atoms with van der Waals surface area (Å²) in [7, 11) is 0. The van der Waals surface area contributed by atoms with E-state index >= 15 is 0 Å². The van der Waals surface area contributed by atoms with Crippen molar-refractivity contribution in [2.75, 3.05) is 19.7 Å². The summed E-state index contributed by atoms with van der Waals surface area (Å²) in [5.74, 6) is 0.241. The second-order valence-electron chi connectivity index (χ2n) is 5.90. The first-order chi connectivity index (χ1) is 12.2. The molecule has 1 aliphatic rings. The highest BCUT2D eigenvalue weighted by Crippen LogP contribution is 2.31. The fourth-order valence-electron chi connectivity index (χ4n) is 2.99. The van der Waals surface area contributed by atoms with E-state index in [2.05, 4.69) is 10.3 Å². The average Bonchev–Trinajstić information content (AvgIpc) is 3.16. The van der Waals surface area contributed by atoms with Crippen molar-refractivity contribution >= 4 is 11.8 Å². The number of rotatable bonds is 6. The molecule has 0 spiro atoms. The third-order valence-corrected chi connectivity index (χ3v) is 4.21. The molecule has 0 saturated carbocycles. The Bertz CT molecular complexity index is 706. The number of carbonyl (C=O) groups excluding carboxylic acids is 2. The van der Waals surface area contributed by atoms with Crippen LogP contribution in [0.2, 0.25) is 0 Å². The average molecular weight is 339 g/mol. The lowest BCUT2D eigenvalue weighted by Gasteiger charge is -2.25. The van der Waals surface area contributed by atoms with Crippen LogP contribution in [0.1, 0.15) is 24.4 Å². The number of pyridine rings is 1. The maximum Gasteiger partial charge on any atom is 0.258 e. The Hall–Kier alpha value is -2.89. The van der Waals surface area contributed by atoms with Crippen LogP contribution < -0.4 is 10.1 Å². The first-order valence-electron chi connectivity index (χ1n) is 8.38. The molecule has 1 aromatic heterocycles. The zero-order valence-corrected chi connectivity index (χ0v) is 13.9. The van der Waals surface area contributed by atoms with E-state index in [1.165, 1.54) is 0 Å². The molecule has 0 aliphatic carbocycles. The summed E-state index contributed by atoms with van der Waals surface area (Å²) in [5, 5.41) is 2.63. The second-order valence-corrected chi connectivity index (χ2v) is 5.90. The van der Waals surface area contributed by atoms with Gasteiger partial charge in [0.05, 0.1) is 12.6 Å². The summed E-state index contributed by atoms with van der Waals surface area (Å²) >= 11 is 0. The van der Waals surface area contributed by atoms with E-state index in [4.69, 9.17) is 4.74 Å². The fraction of sp³-hybridized carbons (Fsp3) is 0.316. The van der Waals surface area contributed by atoms with Gasteiger partial charge in [0.2, 0.25) is 5.91 Å². The third kappa shape index (κ3) is 4.56. The molecule has 6 heteroatoms. The van der Waals surface area contributed by atoms with Crippen LogP contribution in [0.25, 0.3) is 0 Å². The summed E-state index contributed by atoms with van der Waals surface area (Å²) in [6, 6.07) is 13.0. The van der Waals surface area contributed by atoms with E-state index in [1.807, 2.05) is 35.2 Å². The third-order valence-electron chi connectivity index (χ3n) is 4.21. The quantitative estimate of drug-likeness (QED) is 0.873. The van der Waals surface area contributed by atoms with Crippen LogP contribution in [-0.2, 0) is 9.59 Å². The molecule has 1 aliphatic heterocycles. The molecule has 1 unspecified atom stereocenters. The normalized spacial score (nSPS) is 16.5. The van der Waals surface area contributed by atoms with Gasteiger partial charge >= 0.3 is 0 Å². The fourth-order valence-corrected chi connectivity index (χ4v) is 2.99. The van der Waals surface area contributed by atoms with Gasteiger partial charge in [-0.2, -0.15) is 0 Å². The summed E-state index contributed by atoms with van der Waals surface area (Å²) < 4.78 is 5.37. The summed E-state index contributed by atoms with van der Waals surface area (Å²) in [6.07, 6.45) is 5.36. The van der Waals surface area contributed by atoms with Crippen LogP contribution in [0.15, 0.2) is 54.9 Å². The van der Waals surface area contributed by atoms with Gasteiger partial charge in [0.25, 0.3) is 5.91 Å². The SMILES string of the molecule is O=C(COc1ccccc1)NCC(=O)N1CCCC1c1ccncc1. The Kier molecular flexibility index (Phi) is 5.61. The molecule has 1 atom stereocenters. The van der Waals surface area contributed by atoms with Gasteiger partial charge < -0.3 is 15.0 Å². The lowest BCUT2D eigenvalue weighted by molar-refractivity contribution is -0.134. The highest BCUT2D eigenvalue weighted by atomic mass is 16.5. The number of nitrogens with one attached hydrogen (secondary N) is 1. The monoisotopic (exact) mass is 339 g/mol. The van der Waals surface area contributed by atoms with E-state index in [0.717, 1.165) is 18.4 Å². The minimum absolute atomic E-state index is 0.0153. The van der Waals surface area contributed by atoms with Gasteiger partial charge in [0.15, 0.2) is 6.61 Å². The highest BCUT2D eigenvalue weighted by Gasteiger charge is 2.29. The molecule has 2 amide bonds. The molecule has 1 N–H and O–H groups in total. The maximum absolute atomic E-state index is 12.5. The first-order valence-corrected chi connectivity index (χ1v) is 8.38. The number of hydrogen-bond acceptors (Lipinski definition) is 4. The minimum Gasteiger partial charge on any atom is -0.484 e. The topological polar surface area (TPSA) is 71.5 Å². The van der Waals surface area contributed by atoms with Gasteiger partial charge in [-0.05, 0) is 42.7 Å². The molecular formula is C19H21N3O3. The van der Waals surface area contributed by atoms with Gasteiger partial charge in [0, 0.05) is 18.9 Å². The van der Waals surface area contributed by atoms with Crippen molar-refractivity contribution in [2.45, 2.75) is 18.9 Å². The smallest absolute Gasteiger partial charge is 0.258 e. The van der Waals surface area contributed by atoms with Crippen LogP contribution in [0.4, 0.5) is 0 Å². The Morgan fingerprint density at radius 1 is 1.16 bits per heavy atom. The van der Waals surface area contributed by atoms with Gasteiger partial charge in [-0.15, -0.1) is 0 Å². The van der Waals surface area contributed by atoms with Crippen LogP contribution in [-0.4, -0.2) is 41.4 Å². The minimum atomic E-state index is -0.308. The number of benzene rings is 1. The molecule has 0 bridgehead atoms. The zero-order chi connectivity index (χ0) is 17.5. The van der Waals surface area contributed by atoms with E-state index in [1.54, 1.807) is 24.5 Å². The Labute approximate surface area is 146 Å². The molecule has 0 radical (unpaired) electrons. The summed E-state index contributed by atoms with van der Waals surface area (Å²) in [5.41, 5.74) is 1.08. The van der Waals surface area contributed by atoms with E-state index in [-0.39, 0.29) is 31.0 Å². The molecule has 130 valence electrons. The predicted octanol–water partition coefficient (Wildman–Crippen LogP) is 1.94. The largest absolute Gasteiger partial charge is 0.484 e. The van der Waals surface area contributed by atoms with Crippen LogP contribution in [0, 0.1) is 0 Å². The number of carbonyl (C=O) groups is 2. The van der Waals surface area contributed by atoms with Crippen molar-refractivity contribution < 1.29 is 14.3 Å². The van der Waals surface area contributed by atoms with Crippen molar-refractivity contribution in [3.8, 4) is 5.75 Å². The van der Waals surface area contributed by atoms with Crippen LogP contribution in [0.3, 0.4) is 0 Å². The van der Waals surface area contributed by atoms with E-state index < -0.39 is 0 Å².